The van der Waals surface area contributed by atoms with Crippen LogP contribution in [0.5, 0.6) is 0 Å². The zero-order valence-corrected chi connectivity index (χ0v) is 12.8. The summed E-state index contributed by atoms with van der Waals surface area (Å²) in [5.74, 6) is 0. The molecule has 0 spiro atoms. The van der Waals surface area contributed by atoms with Crippen molar-refractivity contribution in [1.82, 2.24) is 9.55 Å². The van der Waals surface area contributed by atoms with Crippen LogP contribution in [0.3, 0.4) is 0 Å². The maximum atomic E-state index is 11.6. The smallest absolute Gasteiger partial charge is 0.177 e. The molecule has 0 amide bonds. The van der Waals surface area contributed by atoms with Crippen LogP contribution in [0.15, 0.2) is 41.8 Å². The van der Waals surface area contributed by atoms with Gasteiger partial charge in [-0.2, -0.15) is 0 Å². The van der Waals surface area contributed by atoms with Crippen molar-refractivity contribution in [3.63, 3.8) is 0 Å². The van der Waals surface area contributed by atoms with Gasteiger partial charge in [-0.3, -0.25) is 0 Å². The second-order valence-corrected chi connectivity index (χ2v) is 6.91. The summed E-state index contributed by atoms with van der Waals surface area (Å²) < 4.78 is 25.2. The molecule has 7 heteroatoms. The number of unbranched alkanes of at least 4 members (excludes halogenated alkanes) is 1. The third kappa shape index (κ3) is 4.22. The Balaban J connectivity index is 1.86. The Hall–Kier alpha value is -2.02. The number of benzene rings is 1. The van der Waals surface area contributed by atoms with E-state index in [-0.39, 0.29) is 10.6 Å². The van der Waals surface area contributed by atoms with Crippen LogP contribution in [0.1, 0.15) is 12.8 Å². The summed E-state index contributed by atoms with van der Waals surface area (Å²) in [6.45, 7) is 1.66. The van der Waals surface area contributed by atoms with Crippen LogP contribution in [0.4, 0.5) is 11.4 Å². The number of nitrogens with zero attached hydrogens (tertiary/aromatic N) is 2. The molecule has 1 aromatic heterocycles. The zero-order chi connectivity index (χ0) is 15.3. The average Bonchev–Trinajstić information content (AvgIpc) is 2.92. The van der Waals surface area contributed by atoms with E-state index >= 15 is 0 Å². The molecule has 0 radical (unpaired) electrons. The number of para-hydroxylation sites is 1. The lowest BCUT2D eigenvalue weighted by Crippen LogP contribution is -2.09. The summed E-state index contributed by atoms with van der Waals surface area (Å²) in [5, 5.41) is 3.19. The van der Waals surface area contributed by atoms with Crippen LogP contribution in [0, 0.1) is 0 Å². The number of hydrogen-bond donors (Lipinski definition) is 2. The molecular weight excluding hydrogens is 288 g/mol. The first-order valence-corrected chi connectivity index (χ1v) is 8.66. The quantitative estimate of drug-likeness (QED) is 0.601. The van der Waals surface area contributed by atoms with Crippen molar-refractivity contribution in [2.24, 2.45) is 0 Å². The van der Waals surface area contributed by atoms with E-state index in [0.717, 1.165) is 32.2 Å². The number of anilines is 2. The summed E-state index contributed by atoms with van der Waals surface area (Å²) in [7, 11) is -3.30. The minimum absolute atomic E-state index is 0.172. The molecule has 0 unspecified atom stereocenters. The number of nitrogens with two attached hydrogens (primary N) is 1. The van der Waals surface area contributed by atoms with Gasteiger partial charge in [-0.25, -0.2) is 13.4 Å². The molecule has 0 saturated carbocycles. The average molecular weight is 308 g/mol. The summed E-state index contributed by atoms with van der Waals surface area (Å²) in [5.41, 5.74) is 6.86. The summed E-state index contributed by atoms with van der Waals surface area (Å²) in [4.78, 5) is 4.16. The van der Waals surface area contributed by atoms with E-state index in [9.17, 15) is 8.42 Å². The molecule has 0 saturated heterocycles. The van der Waals surface area contributed by atoms with Crippen LogP contribution < -0.4 is 11.1 Å². The lowest BCUT2D eigenvalue weighted by Gasteiger charge is -2.12. The molecule has 21 heavy (non-hydrogen) atoms. The largest absolute Gasteiger partial charge is 0.396 e. The molecule has 1 aromatic carbocycles. The van der Waals surface area contributed by atoms with E-state index in [1.165, 1.54) is 6.07 Å². The highest BCUT2D eigenvalue weighted by molar-refractivity contribution is 7.90. The predicted molar refractivity (Wildman–Crippen MR) is 83.9 cm³/mol. The predicted octanol–water partition coefficient (Wildman–Crippen LogP) is 1.76. The highest BCUT2D eigenvalue weighted by Gasteiger charge is 2.13. The summed E-state index contributed by atoms with van der Waals surface area (Å²) in [6, 6.07) is 5.01. The Labute approximate surface area is 124 Å². The fraction of sp³-hybridized carbons (Fsp3) is 0.357. The van der Waals surface area contributed by atoms with Crippen LogP contribution in [-0.4, -0.2) is 30.8 Å². The molecule has 0 bridgehead atoms. The van der Waals surface area contributed by atoms with Gasteiger partial charge in [0.05, 0.1) is 22.6 Å². The Morgan fingerprint density at radius 1 is 1.33 bits per heavy atom. The molecule has 2 aromatic rings. The number of imidazole rings is 1. The number of hydrogen-bond acceptors (Lipinski definition) is 5. The van der Waals surface area contributed by atoms with Crippen LogP contribution in [0.25, 0.3) is 0 Å². The normalized spacial score (nSPS) is 11.5. The minimum atomic E-state index is -3.30. The Morgan fingerprint density at radius 3 is 2.81 bits per heavy atom. The molecule has 6 nitrogen and oxygen atoms in total. The van der Waals surface area contributed by atoms with Gasteiger partial charge in [-0.15, -0.1) is 0 Å². The molecule has 0 fully saturated rings. The molecule has 114 valence electrons. The third-order valence-corrected chi connectivity index (χ3v) is 4.34. The fourth-order valence-corrected chi connectivity index (χ4v) is 2.92. The minimum Gasteiger partial charge on any atom is -0.396 e. The highest BCUT2D eigenvalue weighted by atomic mass is 32.2. The van der Waals surface area contributed by atoms with Crippen LogP contribution in [-0.2, 0) is 16.4 Å². The van der Waals surface area contributed by atoms with Gasteiger partial charge in [0.2, 0.25) is 0 Å². The van der Waals surface area contributed by atoms with E-state index in [1.54, 1.807) is 24.7 Å². The van der Waals surface area contributed by atoms with Gasteiger partial charge >= 0.3 is 0 Å². The first-order valence-electron chi connectivity index (χ1n) is 6.76. The number of nitrogen functional groups attached to an aromatic ring is 1. The summed E-state index contributed by atoms with van der Waals surface area (Å²) in [6.07, 6.45) is 8.61. The van der Waals surface area contributed by atoms with Crippen molar-refractivity contribution in [2.75, 3.05) is 23.9 Å². The molecule has 2 rings (SSSR count). The monoisotopic (exact) mass is 308 g/mol. The number of aryl methyl sites for hydroxylation is 1. The molecule has 0 aliphatic rings. The van der Waals surface area contributed by atoms with Gasteiger partial charge in [-0.05, 0) is 25.0 Å². The Morgan fingerprint density at radius 2 is 2.14 bits per heavy atom. The fourth-order valence-electron chi connectivity index (χ4n) is 2.08. The van der Waals surface area contributed by atoms with E-state index < -0.39 is 9.84 Å². The van der Waals surface area contributed by atoms with Crippen molar-refractivity contribution in [3.8, 4) is 0 Å². The number of nitrogens with one attached hydrogen (secondary N) is 1. The van der Waals surface area contributed by atoms with Crippen molar-refractivity contribution in [2.45, 2.75) is 24.3 Å². The topological polar surface area (TPSA) is 90.0 Å². The van der Waals surface area contributed by atoms with Crippen LogP contribution >= 0.6 is 0 Å². The first kappa shape index (κ1) is 15.4. The Bertz CT molecular complexity index is 681. The molecule has 0 atom stereocenters. The van der Waals surface area contributed by atoms with E-state index in [1.807, 2.05) is 10.8 Å². The number of aromatic nitrogens is 2. The third-order valence-electron chi connectivity index (χ3n) is 3.18. The lowest BCUT2D eigenvalue weighted by atomic mass is 10.2. The van der Waals surface area contributed by atoms with Crippen molar-refractivity contribution >= 4 is 21.2 Å². The molecule has 1 heterocycles. The lowest BCUT2D eigenvalue weighted by molar-refractivity contribution is 0.602. The molecule has 0 aliphatic heterocycles. The first-order chi connectivity index (χ1) is 9.98. The van der Waals surface area contributed by atoms with Crippen LogP contribution in [0.2, 0.25) is 0 Å². The van der Waals surface area contributed by atoms with Gasteiger partial charge in [0.15, 0.2) is 9.84 Å². The van der Waals surface area contributed by atoms with E-state index in [2.05, 4.69) is 10.3 Å². The van der Waals surface area contributed by atoms with Gasteiger partial charge in [0.25, 0.3) is 0 Å². The molecule has 3 N–H and O–H groups in total. The maximum Gasteiger partial charge on any atom is 0.177 e. The van der Waals surface area contributed by atoms with E-state index in [0.29, 0.717) is 5.69 Å². The standard InChI is InChI=1S/C14H20N4O2S/c1-21(19,20)13-6-4-5-12(14(13)15)17-7-2-3-9-18-10-8-16-11-18/h4-6,8,10-11,17H,2-3,7,9,15H2,1H3. The van der Waals surface area contributed by atoms with Gasteiger partial charge in [0, 0.05) is 31.7 Å². The summed E-state index contributed by atoms with van der Waals surface area (Å²) >= 11 is 0. The number of rotatable bonds is 7. The van der Waals surface area contributed by atoms with E-state index in [4.69, 9.17) is 5.73 Å². The van der Waals surface area contributed by atoms with Gasteiger partial charge in [-0.1, -0.05) is 6.07 Å². The van der Waals surface area contributed by atoms with Gasteiger partial charge in [0.1, 0.15) is 0 Å². The SMILES string of the molecule is CS(=O)(=O)c1cccc(NCCCCn2ccnc2)c1N. The second kappa shape index (κ2) is 6.62. The van der Waals surface area contributed by atoms with Crippen molar-refractivity contribution in [3.05, 3.63) is 36.9 Å². The zero-order valence-electron chi connectivity index (χ0n) is 12.0. The molecule has 0 aliphatic carbocycles. The highest BCUT2D eigenvalue weighted by Crippen LogP contribution is 2.26. The Kier molecular flexibility index (Phi) is 4.85. The second-order valence-electron chi connectivity index (χ2n) is 4.92. The maximum absolute atomic E-state index is 11.6. The number of sulfone groups is 1. The van der Waals surface area contributed by atoms with Crippen molar-refractivity contribution in [1.29, 1.82) is 0 Å². The molecular formula is C14H20N4O2S. The van der Waals surface area contributed by atoms with Gasteiger partial charge < -0.3 is 15.6 Å². The van der Waals surface area contributed by atoms with Crippen molar-refractivity contribution < 1.29 is 8.42 Å².